The van der Waals surface area contributed by atoms with Crippen molar-refractivity contribution in [3.8, 4) is 5.75 Å². The van der Waals surface area contributed by atoms with Gasteiger partial charge in [0.15, 0.2) is 0 Å². The van der Waals surface area contributed by atoms with Gasteiger partial charge in [0.2, 0.25) is 0 Å². The van der Waals surface area contributed by atoms with Gasteiger partial charge in [-0.05, 0) is 42.0 Å². The molecule has 0 aliphatic rings. The molecule has 1 aromatic rings. The maximum Gasteiger partial charge on any atom is 0.120 e. The van der Waals surface area contributed by atoms with Crippen LogP contribution < -0.4 is 10.1 Å². The lowest BCUT2D eigenvalue weighted by Crippen LogP contribution is -2.36. The fourth-order valence-corrected chi connectivity index (χ4v) is 2.05. The van der Waals surface area contributed by atoms with Crippen molar-refractivity contribution in [1.82, 2.24) is 5.32 Å². The van der Waals surface area contributed by atoms with E-state index in [-0.39, 0.29) is 6.10 Å². The Morgan fingerprint density at radius 2 is 1.70 bits per heavy atom. The van der Waals surface area contributed by atoms with Crippen molar-refractivity contribution < 1.29 is 4.74 Å². The van der Waals surface area contributed by atoms with Gasteiger partial charge in [0.05, 0.1) is 0 Å². The average molecular weight is 277 g/mol. The number of rotatable bonds is 8. The van der Waals surface area contributed by atoms with E-state index < -0.39 is 0 Å². The van der Waals surface area contributed by atoms with E-state index in [1.807, 2.05) is 0 Å². The molecule has 1 unspecified atom stereocenters. The molecule has 114 valence electrons. The Labute approximate surface area is 124 Å². The van der Waals surface area contributed by atoms with Crippen LogP contribution in [0, 0.1) is 11.8 Å². The summed E-state index contributed by atoms with van der Waals surface area (Å²) in [6.07, 6.45) is 0.219. The van der Waals surface area contributed by atoms with E-state index in [2.05, 4.69) is 71.1 Å². The van der Waals surface area contributed by atoms with Crippen LogP contribution in [0.5, 0.6) is 5.75 Å². The van der Waals surface area contributed by atoms with E-state index in [1.165, 1.54) is 5.56 Å². The topological polar surface area (TPSA) is 21.3 Å². The highest BCUT2D eigenvalue weighted by Gasteiger charge is 2.15. The molecular weight excluding hydrogens is 246 g/mol. The van der Waals surface area contributed by atoms with Gasteiger partial charge < -0.3 is 10.1 Å². The molecule has 1 N–H and O–H groups in total. The molecule has 2 heteroatoms. The van der Waals surface area contributed by atoms with Gasteiger partial charge in [0.25, 0.3) is 0 Å². The van der Waals surface area contributed by atoms with E-state index in [9.17, 15) is 0 Å². The molecular formula is C18H31NO. The van der Waals surface area contributed by atoms with E-state index in [1.54, 1.807) is 0 Å². The summed E-state index contributed by atoms with van der Waals surface area (Å²) in [7, 11) is 0. The zero-order valence-electron chi connectivity index (χ0n) is 13.9. The number of hydrogen-bond acceptors (Lipinski definition) is 2. The van der Waals surface area contributed by atoms with E-state index in [0.717, 1.165) is 18.8 Å². The van der Waals surface area contributed by atoms with Crippen LogP contribution in [0.4, 0.5) is 0 Å². The third-order valence-corrected chi connectivity index (χ3v) is 3.45. The predicted octanol–water partition coefficient (Wildman–Crippen LogP) is 4.46. The van der Waals surface area contributed by atoms with Crippen LogP contribution in [-0.2, 0) is 0 Å². The second kappa shape index (κ2) is 8.31. The van der Waals surface area contributed by atoms with Crippen LogP contribution in [0.2, 0.25) is 0 Å². The molecule has 0 fully saturated rings. The summed E-state index contributed by atoms with van der Waals surface area (Å²) in [4.78, 5) is 0. The van der Waals surface area contributed by atoms with Crippen molar-refractivity contribution in [3.05, 3.63) is 29.8 Å². The van der Waals surface area contributed by atoms with Crippen molar-refractivity contribution >= 4 is 0 Å². The van der Waals surface area contributed by atoms with Crippen molar-refractivity contribution in [2.75, 3.05) is 13.1 Å². The van der Waals surface area contributed by atoms with E-state index in [4.69, 9.17) is 4.74 Å². The molecule has 0 radical (unpaired) electrons. The second-order valence-electron chi connectivity index (χ2n) is 6.68. The number of hydrogen-bond donors (Lipinski definition) is 1. The maximum atomic E-state index is 6.19. The van der Waals surface area contributed by atoms with Gasteiger partial charge in [-0.2, -0.15) is 0 Å². The Bertz CT molecular complexity index is 385. The summed E-state index contributed by atoms with van der Waals surface area (Å²) in [6.45, 7) is 15.3. The van der Waals surface area contributed by atoms with Gasteiger partial charge >= 0.3 is 0 Å². The molecule has 0 bridgehead atoms. The summed E-state index contributed by atoms with van der Waals surface area (Å²) in [5.74, 6) is 2.70. The fourth-order valence-electron chi connectivity index (χ4n) is 2.05. The van der Waals surface area contributed by atoms with E-state index >= 15 is 0 Å². The SMILES string of the molecule is CC(C)CNCC(Oc1cccc(C(C)C)c1)C(C)C. The van der Waals surface area contributed by atoms with Crippen molar-refractivity contribution in [2.24, 2.45) is 11.8 Å². The highest BCUT2D eigenvalue weighted by atomic mass is 16.5. The monoisotopic (exact) mass is 277 g/mol. The summed E-state index contributed by atoms with van der Waals surface area (Å²) >= 11 is 0. The summed E-state index contributed by atoms with van der Waals surface area (Å²) in [5.41, 5.74) is 1.33. The molecule has 1 rings (SSSR count). The maximum absolute atomic E-state index is 6.19. The molecule has 0 heterocycles. The highest BCUT2D eigenvalue weighted by Crippen LogP contribution is 2.22. The molecule has 0 amide bonds. The zero-order chi connectivity index (χ0) is 15.1. The molecule has 0 aliphatic heterocycles. The highest BCUT2D eigenvalue weighted by molar-refractivity contribution is 5.30. The van der Waals surface area contributed by atoms with Gasteiger partial charge in [-0.3, -0.25) is 0 Å². The predicted molar refractivity (Wildman–Crippen MR) is 87.5 cm³/mol. The quantitative estimate of drug-likeness (QED) is 0.757. The van der Waals surface area contributed by atoms with Crippen LogP contribution in [0.15, 0.2) is 24.3 Å². The Kier molecular flexibility index (Phi) is 7.08. The molecule has 0 saturated heterocycles. The number of ether oxygens (including phenoxy) is 1. The summed E-state index contributed by atoms with van der Waals surface area (Å²) < 4.78 is 6.19. The zero-order valence-corrected chi connectivity index (χ0v) is 13.9. The summed E-state index contributed by atoms with van der Waals surface area (Å²) in [5, 5.41) is 3.50. The minimum atomic E-state index is 0.219. The molecule has 20 heavy (non-hydrogen) atoms. The van der Waals surface area contributed by atoms with Crippen LogP contribution >= 0.6 is 0 Å². The molecule has 1 atom stereocenters. The van der Waals surface area contributed by atoms with Gasteiger partial charge in [0, 0.05) is 6.54 Å². The first-order chi connectivity index (χ1) is 9.40. The Balaban J connectivity index is 2.63. The number of nitrogens with one attached hydrogen (secondary N) is 1. The lowest BCUT2D eigenvalue weighted by atomic mass is 10.0. The van der Waals surface area contributed by atoms with Crippen molar-refractivity contribution in [2.45, 2.75) is 53.6 Å². The van der Waals surface area contributed by atoms with Gasteiger partial charge in [0.1, 0.15) is 11.9 Å². The fraction of sp³-hybridized carbons (Fsp3) is 0.667. The standard InChI is InChI=1S/C18H31NO/c1-13(2)11-19-12-18(15(5)6)20-17-9-7-8-16(10-17)14(3)4/h7-10,13-15,18-19H,11-12H2,1-6H3. The largest absolute Gasteiger partial charge is 0.489 e. The first kappa shape index (κ1) is 17.0. The molecule has 0 aliphatic carbocycles. The molecule has 0 aromatic heterocycles. The van der Waals surface area contributed by atoms with Gasteiger partial charge in [-0.15, -0.1) is 0 Å². The third kappa shape index (κ3) is 5.96. The third-order valence-electron chi connectivity index (χ3n) is 3.45. The summed E-state index contributed by atoms with van der Waals surface area (Å²) in [6, 6.07) is 8.48. The minimum absolute atomic E-state index is 0.219. The number of benzene rings is 1. The lowest BCUT2D eigenvalue weighted by Gasteiger charge is -2.24. The van der Waals surface area contributed by atoms with Gasteiger partial charge in [-0.25, -0.2) is 0 Å². The average Bonchev–Trinajstić information content (AvgIpc) is 2.37. The molecule has 0 spiro atoms. The molecule has 1 aromatic carbocycles. The van der Waals surface area contributed by atoms with Crippen LogP contribution in [0.25, 0.3) is 0 Å². The van der Waals surface area contributed by atoms with Crippen LogP contribution in [0.3, 0.4) is 0 Å². The normalized spacial score (nSPS) is 13.2. The molecule has 2 nitrogen and oxygen atoms in total. The van der Waals surface area contributed by atoms with Crippen molar-refractivity contribution in [3.63, 3.8) is 0 Å². The first-order valence-corrected chi connectivity index (χ1v) is 7.87. The Morgan fingerprint density at radius 3 is 2.25 bits per heavy atom. The van der Waals surface area contributed by atoms with E-state index in [0.29, 0.717) is 17.8 Å². The molecule has 0 saturated carbocycles. The first-order valence-electron chi connectivity index (χ1n) is 7.87. The van der Waals surface area contributed by atoms with Crippen LogP contribution in [0.1, 0.15) is 53.0 Å². The van der Waals surface area contributed by atoms with Crippen molar-refractivity contribution in [1.29, 1.82) is 0 Å². The van der Waals surface area contributed by atoms with Gasteiger partial charge in [-0.1, -0.05) is 53.7 Å². The second-order valence-corrected chi connectivity index (χ2v) is 6.68. The van der Waals surface area contributed by atoms with Crippen LogP contribution in [-0.4, -0.2) is 19.2 Å². The smallest absolute Gasteiger partial charge is 0.120 e. The Hall–Kier alpha value is -1.02. The minimum Gasteiger partial charge on any atom is -0.489 e. The lowest BCUT2D eigenvalue weighted by molar-refractivity contribution is 0.148. The Morgan fingerprint density at radius 1 is 1.00 bits per heavy atom.